The van der Waals surface area contributed by atoms with Crippen molar-refractivity contribution >= 4 is 29.1 Å². The average molecular weight is 466 g/mol. The molecule has 2 aromatic carbocycles. The molecule has 170 valence electrons. The number of nitrogens with zero attached hydrogens (tertiary/aromatic N) is 2. The van der Waals surface area contributed by atoms with Gasteiger partial charge in [0.15, 0.2) is 0 Å². The van der Waals surface area contributed by atoms with Crippen LogP contribution in [-0.4, -0.2) is 54.3 Å². The van der Waals surface area contributed by atoms with E-state index in [0.717, 1.165) is 5.56 Å². The van der Waals surface area contributed by atoms with E-state index in [1.54, 1.807) is 12.1 Å². The highest BCUT2D eigenvalue weighted by Crippen LogP contribution is 2.32. The van der Waals surface area contributed by atoms with E-state index in [0.29, 0.717) is 62.0 Å². The van der Waals surface area contributed by atoms with Gasteiger partial charge in [0.2, 0.25) is 5.91 Å². The third-order valence-electron chi connectivity index (χ3n) is 6.18. The van der Waals surface area contributed by atoms with E-state index in [-0.39, 0.29) is 17.7 Å². The Bertz CT molecular complexity index is 1030. The highest BCUT2D eigenvalue weighted by molar-refractivity contribution is 6.31. The molecule has 2 saturated heterocycles. The van der Waals surface area contributed by atoms with Gasteiger partial charge in [-0.05, 0) is 36.5 Å². The molecule has 32 heavy (non-hydrogen) atoms. The van der Waals surface area contributed by atoms with Gasteiger partial charge in [0.1, 0.15) is 23.0 Å². The van der Waals surface area contributed by atoms with E-state index >= 15 is 0 Å². The number of amides is 2. The van der Waals surface area contributed by atoms with Crippen LogP contribution in [0.4, 0.5) is 18.9 Å². The fraction of sp³-hybridized carbons (Fsp3) is 0.391. The lowest BCUT2D eigenvalue weighted by atomic mass is 10.0. The smallest absolute Gasteiger partial charge is 0.259 e. The first-order valence-corrected chi connectivity index (χ1v) is 10.8. The van der Waals surface area contributed by atoms with E-state index < -0.39 is 28.9 Å². The van der Waals surface area contributed by atoms with E-state index in [2.05, 4.69) is 10.2 Å². The van der Waals surface area contributed by atoms with E-state index in [1.165, 1.54) is 4.90 Å². The highest BCUT2D eigenvalue weighted by Gasteiger charge is 2.42. The molecule has 5 nitrogen and oxygen atoms in total. The Morgan fingerprint density at radius 3 is 2.25 bits per heavy atom. The number of likely N-dealkylation sites (tertiary alicyclic amines) is 2. The summed E-state index contributed by atoms with van der Waals surface area (Å²) in [6.45, 7) is 4.63. The predicted molar refractivity (Wildman–Crippen MR) is 115 cm³/mol. The Labute approximate surface area is 189 Å². The van der Waals surface area contributed by atoms with Gasteiger partial charge in [0, 0.05) is 62.0 Å². The van der Waals surface area contributed by atoms with Crippen LogP contribution in [-0.2, 0) is 4.79 Å². The zero-order valence-corrected chi connectivity index (χ0v) is 18.3. The molecule has 0 bridgehead atoms. The molecule has 2 fully saturated rings. The summed E-state index contributed by atoms with van der Waals surface area (Å²) in [5.74, 6) is -3.95. The van der Waals surface area contributed by atoms with Crippen LogP contribution >= 0.6 is 11.6 Å². The zero-order valence-electron chi connectivity index (χ0n) is 17.5. The number of hydrogen-bond acceptors (Lipinski definition) is 3. The maximum absolute atomic E-state index is 14.0. The van der Waals surface area contributed by atoms with Crippen LogP contribution in [0.1, 0.15) is 22.3 Å². The molecule has 0 aliphatic carbocycles. The van der Waals surface area contributed by atoms with Crippen molar-refractivity contribution in [1.29, 1.82) is 0 Å². The van der Waals surface area contributed by atoms with Crippen molar-refractivity contribution in [3.8, 4) is 0 Å². The molecule has 2 aliphatic heterocycles. The number of carbonyl (C=O) groups excluding carboxylic acids is 2. The van der Waals surface area contributed by atoms with Crippen molar-refractivity contribution in [3.05, 3.63) is 63.9 Å². The third kappa shape index (κ3) is 4.76. The highest BCUT2D eigenvalue weighted by atomic mass is 35.5. The summed E-state index contributed by atoms with van der Waals surface area (Å²) >= 11 is 6.08. The Kier molecular flexibility index (Phi) is 6.44. The zero-order chi connectivity index (χ0) is 23.0. The minimum absolute atomic E-state index is 0.110. The normalized spacial score (nSPS) is 20.5. The van der Waals surface area contributed by atoms with Crippen molar-refractivity contribution in [2.24, 2.45) is 11.8 Å². The predicted octanol–water partition coefficient (Wildman–Crippen LogP) is 4.10. The molecule has 0 saturated carbocycles. The molecule has 1 N–H and O–H groups in total. The van der Waals surface area contributed by atoms with Gasteiger partial charge in [-0.15, -0.1) is 0 Å². The van der Waals surface area contributed by atoms with Crippen LogP contribution in [0.25, 0.3) is 0 Å². The Balaban J connectivity index is 1.27. The van der Waals surface area contributed by atoms with Gasteiger partial charge in [-0.3, -0.25) is 9.59 Å². The van der Waals surface area contributed by atoms with Gasteiger partial charge in [0.25, 0.3) is 5.91 Å². The van der Waals surface area contributed by atoms with Gasteiger partial charge in [0.05, 0.1) is 0 Å². The molecule has 2 aromatic rings. The summed E-state index contributed by atoms with van der Waals surface area (Å²) in [5.41, 5.74) is 0.875. The van der Waals surface area contributed by atoms with Crippen LogP contribution in [0.3, 0.4) is 0 Å². The fourth-order valence-corrected chi connectivity index (χ4v) is 4.68. The lowest BCUT2D eigenvalue weighted by molar-refractivity contribution is -0.116. The number of fused-ring (bicyclic) bond motifs is 1. The largest absolute Gasteiger partial charge is 0.338 e. The van der Waals surface area contributed by atoms with Crippen molar-refractivity contribution in [3.63, 3.8) is 0 Å². The second-order valence-electron chi connectivity index (χ2n) is 8.50. The van der Waals surface area contributed by atoms with Gasteiger partial charge in [-0.2, -0.15) is 0 Å². The number of halogens is 4. The second kappa shape index (κ2) is 9.11. The first-order valence-electron chi connectivity index (χ1n) is 10.4. The van der Waals surface area contributed by atoms with Crippen molar-refractivity contribution < 1.29 is 22.8 Å². The molecule has 2 amide bonds. The number of anilines is 1. The van der Waals surface area contributed by atoms with Crippen LogP contribution in [0.15, 0.2) is 30.3 Å². The molecule has 2 unspecified atom stereocenters. The van der Waals surface area contributed by atoms with Crippen LogP contribution < -0.4 is 5.32 Å². The molecule has 2 aliphatic rings. The number of benzene rings is 2. The number of hydrogen-bond donors (Lipinski definition) is 1. The molecule has 9 heteroatoms. The standard InChI is InChI=1S/C23H23ClF3N3O2/c1-13-2-3-17(8-18(13)24)28-21(31)4-5-29-9-14-11-30(12-15(14)10-29)23(32)22-19(26)6-16(25)7-20(22)27/h2-3,6-8,14-15H,4-5,9-12H2,1H3,(H,28,31). The molecular formula is C23H23ClF3N3O2. The number of nitrogens with one attached hydrogen (secondary N) is 1. The Hall–Kier alpha value is -2.58. The maximum Gasteiger partial charge on any atom is 0.259 e. The molecule has 0 radical (unpaired) electrons. The molecule has 4 rings (SSSR count). The fourth-order valence-electron chi connectivity index (χ4n) is 4.50. The lowest BCUT2D eigenvalue weighted by Crippen LogP contribution is -2.35. The minimum Gasteiger partial charge on any atom is -0.338 e. The molecule has 2 atom stereocenters. The molecule has 2 heterocycles. The maximum atomic E-state index is 14.0. The van der Waals surface area contributed by atoms with Gasteiger partial charge < -0.3 is 15.1 Å². The first-order chi connectivity index (χ1) is 15.2. The molecule has 0 spiro atoms. The van der Waals surface area contributed by atoms with Gasteiger partial charge in [-0.1, -0.05) is 17.7 Å². The van der Waals surface area contributed by atoms with E-state index in [1.807, 2.05) is 13.0 Å². The van der Waals surface area contributed by atoms with Crippen molar-refractivity contribution in [2.45, 2.75) is 13.3 Å². The van der Waals surface area contributed by atoms with Crippen molar-refractivity contribution in [1.82, 2.24) is 9.80 Å². The Morgan fingerprint density at radius 2 is 1.66 bits per heavy atom. The van der Waals surface area contributed by atoms with Crippen LogP contribution in [0.2, 0.25) is 5.02 Å². The summed E-state index contributed by atoms with van der Waals surface area (Å²) in [6, 6.07) is 6.40. The van der Waals surface area contributed by atoms with Gasteiger partial charge in [-0.25, -0.2) is 13.2 Å². The summed E-state index contributed by atoms with van der Waals surface area (Å²) in [6.07, 6.45) is 0.319. The van der Waals surface area contributed by atoms with Crippen molar-refractivity contribution in [2.75, 3.05) is 38.0 Å². The monoisotopic (exact) mass is 465 g/mol. The summed E-state index contributed by atoms with van der Waals surface area (Å²) in [7, 11) is 0. The Morgan fingerprint density at radius 1 is 1.03 bits per heavy atom. The lowest BCUT2D eigenvalue weighted by Gasteiger charge is -2.22. The summed E-state index contributed by atoms with van der Waals surface area (Å²) in [5, 5.41) is 3.43. The average Bonchev–Trinajstić information content (AvgIpc) is 3.27. The number of rotatable bonds is 5. The summed E-state index contributed by atoms with van der Waals surface area (Å²) < 4.78 is 41.0. The minimum atomic E-state index is -1.19. The topological polar surface area (TPSA) is 52.7 Å². The SMILES string of the molecule is Cc1ccc(NC(=O)CCN2CC3CN(C(=O)c4c(F)cc(F)cc4F)CC3C2)cc1Cl. The number of aryl methyl sites for hydroxylation is 1. The van der Waals surface area contributed by atoms with E-state index in [4.69, 9.17) is 11.6 Å². The summed E-state index contributed by atoms with van der Waals surface area (Å²) in [4.78, 5) is 28.5. The van der Waals surface area contributed by atoms with Crippen LogP contribution in [0.5, 0.6) is 0 Å². The third-order valence-corrected chi connectivity index (χ3v) is 6.59. The van der Waals surface area contributed by atoms with Crippen LogP contribution in [0, 0.1) is 36.2 Å². The quantitative estimate of drug-likeness (QED) is 0.723. The molecule has 0 aromatic heterocycles. The second-order valence-corrected chi connectivity index (χ2v) is 8.90. The van der Waals surface area contributed by atoms with Gasteiger partial charge >= 0.3 is 0 Å². The number of carbonyl (C=O) groups is 2. The van der Waals surface area contributed by atoms with E-state index in [9.17, 15) is 22.8 Å². The first kappa shape index (κ1) is 22.6. The molecular weight excluding hydrogens is 443 g/mol.